The third kappa shape index (κ3) is 6.74. The summed E-state index contributed by atoms with van der Waals surface area (Å²) in [4.78, 5) is 48.8. The molecule has 1 unspecified atom stereocenters. The highest BCUT2D eigenvalue weighted by Gasteiger charge is 2.53. The number of aromatic nitrogens is 1. The number of rotatable bonds is 12. The monoisotopic (exact) mass is 557 g/mol. The van der Waals surface area contributed by atoms with E-state index in [-0.39, 0.29) is 29.5 Å². The quantitative estimate of drug-likeness (QED) is 0.132. The normalized spacial score (nSPS) is 23.5. The summed E-state index contributed by atoms with van der Waals surface area (Å²) in [6.45, 7) is 2.53. The van der Waals surface area contributed by atoms with Gasteiger partial charge in [0.2, 0.25) is 17.6 Å². The summed E-state index contributed by atoms with van der Waals surface area (Å²) in [5.74, 6) is 0.0856. The fraction of sp³-hybridized carbons (Fsp3) is 0.519. The Kier molecular flexibility index (Phi) is 9.43. The van der Waals surface area contributed by atoms with Gasteiger partial charge in [0.1, 0.15) is 6.04 Å². The number of carbonyl (C=O) groups is 3. The summed E-state index contributed by atoms with van der Waals surface area (Å²) in [5, 5.41) is 5.05. The van der Waals surface area contributed by atoms with Gasteiger partial charge in [0, 0.05) is 23.2 Å². The Hall–Kier alpha value is -2.92. The van der Waals surface area contributed by atoms with Crippen LogP contribution in [0, 0.1) is 5.92 Å². The second kappa shape index (κ2) is 12.8. The highest BCUT2D eigenvalue weighted by atomic mass is 32.2. The molecule has 0 bridgehead atoms. The van der Waals surface area contributed by atoms with Crippen molar-refractivity contribution >= 4 is 46.7 Å². The number of carbonyl (C=O) groups excluding carboxylic acids is 3. The van der Waals surface area contributed by atoms with Crippen LogP contribution in [0.25, 0.3) is 0 Å². The van der Waals surface area contributed by atoms with Crippen molar-refractivity contribution in [3.8, 4) is 0 Å². The summed E-state index contributed by atoms with van der Waals surface area (Å²) in [5.41, 5.74) is 12.2. The lowest BCUT2D eigenvalue weighted by atomic mass is 9.87. The average Bonchev–Trinajstić information content (AvgIpc) is 3.56. The molecule has 204 valence electrons. The van der Waals surface area contributed by atoms with Gasteiger partial charge in [-0.25, -0.2) is 4.98 Å². The van der Waals surface area contributed by atoms with E-state index in [0.29, 0.717) is 30.1 Å². The van der Waals surface area contributed by atoms with E-state index in [1.54, 1.807) is 28.2 Å². The smallest absolute Gasteiger partial charge is 0.338 e. The fourth-order valence-corrected chi connectivity index (χ4v) is 7.37. The van der Waals surface area contributed by atoms with Gasteiger partial charge in [-0.15, -0.1) is 23.1 Å². The molecule has 4 rings (SSSR count). The van der Waals surface area contributed by atoms with E-state index in [1.807, 2.05) is 18.2 Å². The molecule has 9 nitrogen and oxygen atoms in total. The number of piperidine rings is 1. The summed E-state index contributed by atoms with van der Waals surface area (Å²) >= 11 is 2.90. The van der Waals surface area contributed by atoms with Gasteiger partial charge in [0.25, 0.3) is 0 Å². The molecule has 3 heterocycles. The van der Waals surface area contributed by atoms with Crippen molar-refractivity contribution in [3.63, 3.8) is 0 Å². The van der Waals surface area contributed by atoms with Crippen molar-refractivity contribution in [2.75, 3.05) is 12.3 Å². The number of nitrogens with zero attached hydrogens (tertiary/aromatic N) is 2. The van der Waals surface area contributed by atoms with Crippen LogP contribution in [0.2, 0.25) is 0 Å². The molecule has 2 aliphatic rings. The van der Waals surface area contributed by atoms with E-state index in [1.165, 1.54) is 16.9 Å². The van der Waals surface area contributed by atoms with Gasteiger partial charge < -0.3 is 10.2 Å². The molecule has 4 atom stereocenters. The Labute approximate surface area is 231 Å². The van der Waals surface area contributed by atoms with E-state index in [0.717, 1.165) is 32.1 Å². The van der Waals surface area contributed by atoms with E-state index >= 15 is 0 Å². The van der Waals surface area contributed by atoms with E-state index < -0.39 is 17.0 Å². The van der Waals surface area contributed by atoms with Crippen molar-refractivity contribution in [1.82, 2.24) is 15.2 Å². The fourth-order valence-electron chi connectivity index (χ4n) is 5.30. The second-order valence-electron chi connectivity index (χ2n) is 10.1. The van der Waals surface area contributed by atoms with E-state index in [9.17, 15) is 14.4 Å². The summed E-state index contributed by atoms with van der Waals surface area (Å²) in [7, 11) is 0. The Bertz CT molecular complexity index is 1140. The van der Waals surface area contributed by atoms with Gasteiger partial charge in [-0.2, -0.15) is 0 Å². The number of benzene rings is 1. The number of aryl methyl sites for hydroxylation is 1. The number of fused-ring (bicyclic) bond motifs is 1. The number of nitrogens with two attached hydrogens (primary N) is 2. The summed E-state index contributed by atoms with van der Waals surface area (Å²) in [6, 6.07) is 8.95. The highest BCUT2D eigenvalue weighted by molar-refractivity contribution is 8.00. The molecule has 11 heteroatoms. The van der Waals surface area contributed by atoms with Crippen LogP contribution in [0.4, 0.5) is 0 Å². The molecule has 0 radical (unpaired) electrons. The lowest BCUT2D eigenvalue weighted by Crippen LogP contribution is -2.78. The zero-order valence-corrected chi connectivity index (χ0v) is 23.4. The zero-order chi connectivity index (χ0) is 27.1. The largest absolute Gasteiger partial charge is 0.344 e. The molecule has 2 fully saturated rings. The highest BCUT2D eigenvalue weighted by Crippen LogP contribution is 2.48. The third-order valence-electron chi connectivity index (χ3n) is 7.36. The molecule has 0 aliphatic carbocycles. The number of hydrogen-bond donors (Lipinski definition) is 4. The standard InChI is InChI=1S/C27H36N6O3S2/c1-27-13-12-19(10-5-9-18-7-3-2-4-8-18)25(36)33(27)21(17-38-27)23(35)32-20(11-6-14-31-26(28)29)22(34)24-30-15-16-37-24/h2-4,7-8,15-16,19-21H,5-6,9-14,17H2,1H3,(H,32,35)(H4,28,29,31)/p+1/t19-,20?,21-,27-/m0/s1. The van der Waals surface area contributed by atoms with Crippen LogP contribution in [-0.4, -0.2) is 62.7 Å². The van der Waals surface area contributed by atoms with E-state index in [2.05, 4.69) is 34.3 Å². The van der Waals surface area contributed by atoms with Crippen LogP contribution in [0.5, 0.6) is 0 Å². The van der Waals surface area contributed by atoms with Crippen LogP contribution >= 0.6 is 23.1 Å². The number of amides is 2. The first-order valence-corrected chi connectivity index (χ1v) is 15.0. The minimum absolute atomic E-state index is 0.0536. The number of hydrogen-bond acceptors (Lipinski definition) is 6. The molecule has 38 heavy (non-hydrogen) atoms. The maximum absolute atomic E-state index is 13.7. The number of Topliss-reactive ketones (excluding diaryl/α,β-unsaturated/α-hetero) is 1. The number of nitrogens with one attached hydrogen (secondary N) is 2. The van der Waals surface area contributed by atoms with Crippen LogP contribution in [-0.2, 0) is 16.0 Å². The van der Waals surface area contributed by atoms with Crippen molar-refractivity contribution in [2.24, 2.45) is 17.4 Å². The van der Waals surface area contributed by atoms with Crippen LogP contribution in [0.1, 0.15) is 60.8 Å². The molecule has 0 saturated carbocycles. The number of ketones is 1. The predicted molar refractivity (Wildman–Crippen MR) is 150 cm³/mol. The zero-order valence-electron chi connectivity index (χ0n) is 21.7. The number of guanidine groups is 1. The molecular weight excluding hydrogens is 520 g/mol. The molecule has 1 aromatic heterocycles. The lowest BCUT2D eigenvalue weighted by Gasteiger charge is -2.44. The molecule has 0 spiro atoms. The molecule has 2 saturated heterocycles. The topological polar surface area (TPSA) is 145 Å². The van der Waals surface area contributed by atoms with Crippen LogP contribution in [0.15, 0.2) is 41.9 Å². The van der Waals surface area contributed by atoms with Crippen molar-refractivity contribution in [3.05, 3.63) is 52.5 Å². The van der Waals surface area contributed by atoms with Gasteiger partial charge in [0.05, 0.1) is 17.5 Å². The van der Waals surface area contributed by atoms with Crippen LogP contribution in [0.3, 0.4) is 0 Å². The Morgan fingerprint density at radius 2 is 2.05 bits per heavy atom. The van der Waals surface area contributed by atoms with Gasteiger partial charge >= 0.3 is 5.96 Å². The maximum Gasteiger partial charge on any atom is 0.338 e. The summed E-state index contributed by atoms with van der Waals surface area (Å²) in [6.07, 6.45) is 6.90. The molecule has 2 aromatic rings. The SMILES string of the molecule is C[C@]12CC[C@H](CCCc3ccccc3)C(=O)N1[C@H](C(=O)NC(CCC[NH+]=C(N)N)C(=O)c1nccs1)CS2. The van der Waals surface area contributed by atoms with Crippen molar-refractivity contribution in [1.29, 1.82) is 0 Å². The average molecular weight is 558 g/mol. The first-order valence-electron chi connectivity index (χ1n) is 13.2. The van der Waals surface area contributed by atoms with Gasteiger partial charge in [-0.3, -0.25) is 30.8 Å². The van der Waals surface area contributed by atoms with Gasteiger partial charge in [0.15, 0.2) is 5.01 Å². The Balaban J connectivity index is 1.41. The molecular formula is C27H37N6O3S2+. The maximum atomic E-state index is 13.7. The number of thiazole rings is 1. The van der Waals surface area contributed by atoms with Gasteiger partial charge in [-0.1, -0.05) is 30.3 Å². The molecule has 2 aliphatic heterocycles. The van der Waals surface area contributed by atoms with Crippen molar-refractivity contribution in [2.45, 2.75) is 68.8 Å². The molecule has 1 aromatic carbocycles. The Morgan fingerprint density at radius 3 is 2.76 bits per heavy atom. The Morgan fingerprint density at radius 1 is 1.26 bits per heavy atom. The number of thioether (sulfide) groups is 1. The van der Waals surface area contributed by atoms with E-state index in [4.69, 9.17) is 11.5 Å². The first kappa shape index (κ1) is 28.1. The van der Waals surface area contributed by atoms with Crippen molar-refractivity contribution < 1.29 is 19.4 Å². The van der Waals surface area contributed by atoms with Gasteiger partial charge in [-0.05, 0) is 57.4 Å². The van der Waals surface area contributed by atoms with Crippen LogP contribution < -0.4 is 21.8 Å². The molecule has 6 N–H and O–H groups in total. The predicted octanol–water partition coefficient (Wildman–Crippen LogP) is 1.04. The second-order valence-corrected chi connectivity index (χ2v) is 12.5. The first-order chi connectivity index (χ1) is 18.3. The molecule has 2 amide bonds. The third-order valence-corrected chi connectivity index (χ3v) is 9.65. The minimum atomic E-state index is -0.743. The lowest BCUT2D eigenvalue weighted by molar-refractivity contribution is -0.459. The minimum Gasteiger partial charge on any atom is -0.344 e. The summed E-state index contributed by atoms with van der Waals surface area (Å²) < 4.78 is 0.